The Kier molecular flexibility index (Phi) is 3.34. The van der Waals surface area contributed by atoms with E-state index in [-0.39, 0.29) is 10.6 Å². The zero-order valence-electron chi connectivity index (χ0n) is 9.47. The van der Waals surface area contributed by atoms with Crippen LogP contribution in [0.5, 0.6) is 0 Å². The van der Waals surface area contributed by atoms with Gasteiger partial charge in [0.05, 0.1) is 5.69 Å². The maximum Gasteiger partial charge on any atom is 0.265 e. The van der Waals surface area contributed by atoms with E-state index in [0.717, 1.165) is 24.4 Å². The van der Waals surface area contributed by atoms with Gasteiger partial charge in [-0.05, 0) is 18.2 Å². The maximum absolute atomic E-state index is 13.4. The second-order valence-electron chi connectivity index (χ2n) is 3.62. The summed E-state index contributed by atoms with van der Waals surface area (Å²) in [5.74, 6) is -2.04. The molecule has 0 aliphatic heterocycles. The van der Waals surface area contributed by atoms with Crippen LogP contribution in [0.2, 0.25) is 0 Å². The van der Waals surface area contributed by atoms with Crippen LogP contribution in [0.4, 0.5) is 20.2 Å². The Morgan fingerprint density at radius 2 is 1.79 bits per heavy atom. The molecule has 0 atom stereocenters. The number of aromatic nitrogens is 1. The van der Waals surface area contributed by atoms with E-state index in [0.29, 0.717) is 0 Å². The summed E-state index contributed by atoms with van der Waals surface area (Å²) in [5.41, 5.74) is 4.66. The number of nitrogen functional groups attached to an aromatic ring is 1. The van der Waals surface area contributed by atoms with Gasteiger partial charge in [0, 0.05) is 12.4 Å². The number of rotatable bonds is 3. The number of para-hydroxylation sites is 1. The van der Waals surface area contributed by atoms with Gasteiger partial charge in [0.2, 0.25) is 0 Å². The highest BCUT2D eigenvalue weighted by molar-refractivity contribution is 7.92. The smallest absolute Gasteiger partial charge is 0.265 e. The molecule has 3 N–H and O–H groups in total. The van der Waals surface area contributed by atoms with Crippen LogP contribution in [-0.4, -0.2) is 13.4 Å². The summed E-state index contributed by atoms with van der Waals surface area (Å²) in [6, 6.07) is 4.27. The average molecular weight is 285 g/mol. The lowest BCUT2D eigenvalue weighted by atomic mass is 10.3. The number of anilines is 2. The number of halogens is 2. The number of pyridine rings is 1. The minimum absolute atomic E-state index is 0.0701. The third kappa shape index (κ3) is 2.63. The van der Waals surface area contributed by atoms with Crippen LogP contribution in [0, 0.1) is 11.6 Å². The molecule has 0 aliphatic carbocycles. The Balaban J connectivity index is 2.46. The molecular formula is C11H9F2N3O2S. The second-order valence-corrected chi connectivity index (χ2v) is 5.27. The molecule has 0 fully saturated rings. The maximum atomic E-state index is 13.4. The van der Waals surface area contributed by atoms with Crippen molar-refractivity contribution in [2.45, 2.75) is 4.90 Å². The SMILES string of the molecule is Nc1ccncc1S(=O)(=O)Nc1c(F)cccc1F. The first kappa shape index (κ1) is 13.2. The second kappa shape index (κ2) is 4.81. The van der Waals surface area contributed by atoms with Crippen LogP contribution in [0.1, 0.15) is 0 Å². The third-order valence-corrected chi connectivity index (χ3v) is 3.70. The molecule has 0 unspecified atom stereocenters. The van der Waals surface area contributed by atoms with Gasteiger partial charge < -0.3 is 5.73 Å². The lowest BCUT2D eigenvalue weighted by Gasteiger charge is -2.10. The predicted molar refractivity (Wildman–Crippen MR) is 65.8 cm³/mol. The number of nitrogens with two attached hydrogens (primary N) is 1. The minimum atomic E-state index is -4.21. The fraction of sp³-hybridized carbons (Fsp3) is 0. The van der Waals surface area contributed by atoms with E-state index in [4.69, 9.17) is 5.73 Å². The molecule has 19 heavy (non-hydrogen) atoms. The van der Waals surface area contributed by atoms with E-state index >= 15 is 0 Å². The van der Waals surface area contributed by atoms with Crippen LogP contribution in [-0.2, 0) is 10.0 Å². The normalized spacial score (nSPS) is 11.3. The van der Waals surface area contributed by atoms with Gasteiger partial charge in [-0.25, -0.2) is 17.2 Å². The summed E-state index contributed by atoms with van der Waals surface area (Å²) < 4.78 is 52.5. The quantitative estimate of drug-likeness (QED) is 0.899. The van der Waals surface area contributed by atoms with E-state index < -0.39 is 27.3 Å². The van der Waals surface area contributed by atoms with Gasteiger partial charge in [0.1, 0.15) is 22.2 Å². The molecule has 0 aliphatic rings. The number of benzene rings is 1. The van der Waals surface area contributed by atoms with E-state index in [1.165, 1.54) is 12.3 Å². The van der Waals surface area contributed by atoms with Gasteiger partial charge in [-0.2, -0.15) is 0 Å². The molecule has 100 valence electrons. The van der Waals surface area contributed by atoms with Gasteiger partial charge in [-0.3, -0.25) is 9.71 Å². The van der Waals surface area contributed by atoms with Crippen LogP contribution in [0.15, 0.2) is 41.6 Å². The molecule has 1 aromatic heterocycles. The lowest BCUT2D eigenvalue weighted by molar-refractivity contribution is 0.583. The molecule has 0 amide bonds. The van der Waals surface area contributed by atoms with Gasteiger partial charge in [-0.15, -0.1) is 0 Å². The molecule has 0 spiro atoms. The van der Waals surface area contributed by atoms with Crippen LogP contribution < -0.4 is 10.5 Å². The molecule has 0 radical (unpaired) electrons. The van der Waals surface area contributed by atoms with Gasteiger partial charge in [-0.1, -0.05) is 6.07 Å². The van der Waals surface area contributed by atoms with Crippen LogP contribution in [0.25, 0.3) is 0 Å². The molecule has 1 heterocycles. The van der Waals surface area contributed by atoms with E-state index in [9.17, 15) is 17.2 Å². The number of nitrogens with one attached hydrogen (secondary N) is 1. The average Bonchev–Trinajstić information content (AvgIpc) is 2.34. The van der Waals surface area contributed by atoms with E-state index in [1.54, 1.807) is 0 Å². The van der Waals surface area contributed by atoms with Crippen molar-refractivity contribution in [1.29, 1.82) is 0 Å². The van der Waals surface area contributed by atoms with Gasteiger partial charge >= 0.3 is 0 Å². The Hall–Kier alpha value is -2.22. The Bertz CT molecular complexity index is 699. The molecule has 1 aromatic carbocycles. The molecular weight excluding hydrogens is 276 g/mol. The van der Waals surface area contributed by atoms with Crippen LogP contribution >= 0.6 is 0 Å². The number of hydrogen-bond donors (Lipinski definition) is 2. The van der Waals surface area contributed by atoms with Gasteiger partial charge in [0.25, 0.3) is 10.0 Å². The molecule has 0 bridgehead atoms. The summed E-state index contributed by atoms with van der Waals surface area (Å²) in [5, 5.41) is 0. The highest BCUT2D eigenvalue weighted by atomic mass is 32.2. The largest absolute Gasteiger partial charge is 0.398 e. The van der Waals surface area contributed by atoms with Crippen molar-refractivity contribution in [1.82, 2.24) is 4.98 Å². The molecule has 0 saturated carbocycles. The first-order valence-corrected chi connectivity index (χ1v) is 6.56. The molecule has 2 aromatic rings. The van der Waals surface area contributed by atoms with Crippen molar-refractivity contribution < 1.29 is 17.2 Å². The highest BCUT2D eigenvalue weighted by Crippen LogP contribution is 2.24. The molecule has 5 nitrogen and oxygen atoms in total. The first-order chi connectivity index (χ1) is 8.92. The summed E-state index contributed by atoms with van der Waals surface area (Å²) in [4.78, 5) is 3.26. The van der Waals surface area contributed by atoms with Crippen molar-refractivity contribution in [2.24, 2.45) is 0 Å². The molecule has 8 heteroatoms. The molecule has 0 saturated heterocycles. The first-order valence-electron chi connectivity index (χ1n) is 5.08. The fourth-order valence-electron chi connectivity index (χ4n) is 1.40. The van der Waals surface area contributed by atoms with Crippen molar-refractivity contribution in [3.8, 4) is 0 Å². The zero-order valence-corrected chi connectivity index (χ0v) is 10.3. The van der Waals surface area contributed by atoms with Crippen molar-refractivity contribution in [3.05, 3.63) is 48.3 Å². The lowest BCUT2D eigenvalue weighted by Crippen LogP contribution is -2.17. The summed E-state index contributed by atoms with van der Waals surface area (Å²) >= 11 is 0. The Morgan fingerprint density at radius 3 is 2.37 bits per heavy atom. The van der Waals surface area contributed by atoms with Crippen molar-refractivity contribution in [2.75, 3.05) is 10.5 Å². The topological polar surface area (TPSA) is 85.1 Å². The number of sulfonamides is 1. The third-order valence-electron chi connectivity index (χ3n) is 2.31. The zero-order chi connectivity index (χ0) is 14.0. The summed E-state index contributed by atoms with van der Waals surface area (Å²) in [7, 11) is -4.21. The monoisotopic (exact) mass is 285 g/mol. The van der Waals surface area contributed by atoms with Gasteiger partial charge in [0.15, 0.2) is 0 Å². The number of hydrogen-bond acceptors (Lipinski definition) is 4. The highest BCUT2D eigenvalue weighted by Gasteiger charge is 2.21. The minimum Gasteiger partial charge on any atom is -0.398 e. The fourth-order valence-corrected chi connectivity index (χ4v) is 2.55. The standard InChI is InChI=1S/C11H9F2N3O2S/c12-7-2-1-3-8(13)11(7)16-19(17,18)10-6-15-5-4-9(10)14/h1-6,16H,(H2,14,15). The Labute approximate surface area is 108 Å². The Morgan fingerprint density at radius 1 is 1.16 bits per heavy atom. The van der Waals surface area contributed by atoms with Crippen molar-refractivity contribution >= 4 is 21.4 Å². The predicted octanol–water partition coefficient (Wildman–Crippen LogP) is 1.74. The van der Waals surface area contributed by atoms with Crippen molar-refractivity contribution in [3.63, 3.8) is 0 Å². The van der Waals surface area contributed by atoms with Crippen LogP contribution in [0.3, 0.4) is 0 Å². The van der Waals surface area contributed by atoms with E-state index in [2.05, 4.69) is 4.98 Å². The number of nitrogens with zero attached hydrogens (tertiary/aromatic N) is 1. The summed E-state index contributed by atoms with van der Waals surface area (Å²) in [6.07, 6.45) is 2.30. The molecule has 2 rings (SSSR count). The summed E-state index contributed by atoms with van der Waals surface area (Å²) in [6.45, 7) is 0. The van der Waals surface area contributed by atoms with E-state index in [1.807, 2.05) is 4.72 Å².